The Labute approximate surface area is 150 Å². The largest absolute Gasteiger partial charge is 0.315 e. The molecule has 6 heteroatoms. The normalized spacial score (nSPS) is 17.2. The van der Waals surface area contributed by atoms with Crippen molar-refractivity contribution in [2.45, 2.75) is 6.42 Å². The smallest absolute Gasteiger partial charge is 0.232 e. The number of rotatable bonds is 3. The fourth-order valence-electron chi connectivity index (χ4n) is 2.89. The molecule has 0 radical (unpaired) electrons. The molecule has 0 N–H and O–H groups in total. The van der Waals surface area contributed by atoms with Crippen LogP contribution in [0.5, 0.6) is 0 Å². The molecule has 1 unspecified atom stereocenters. The number of benzene rings is 2. The van der Waals surface area contributed by atoms with E-state index in [1.165, 1.54) is 4.90 Å². The third-order valence-corrected chi connectivity index (χ3v) is 4.77. The number of anilines is 2. The molecule has 0 bridgehead atoms. The van der Waals surface area contributed by atoms with Gasteiger partial charge in [0.05, 0.1) is 21.7 Å². The lowest BCUT2D eigenvalue weighted by molar-refractivity contribution is -0.124. The van der Waals surface area contributed by atoms with Crippen LogP contribution in [0, 0.1) is 5.92 Å². The lowest BCUT2D eigenvalue weighted by Gasteiger charge is -2.22. The highest BCUT2D eigenvalue weighted by Crippen LogP contribution is 2.37. The maximum absolute atomic E-state index is 12.7. The summed E-state index contributed by atoms with van der Waals surface area (Å²) in [5, 5.41) is 0.806. The summed E-state index contributed by atoms with van der Waals surface area (Å²) in [5.41, 5.74) is 1.27. The summed E-state index contributed by atoms with van der Waals surface area (Å²) in [7, 11) is 1.72. The van der Waals surface area contributed by atoms with Crippen molar-refractivity contribution in [1.29, 1.82) is 0 Å². The summed E-state index contributed by atoms with van der Waals surface area (Å²) in [5.74, 6) is -0.667. The average molecular weight is 363 g/mol. The zero-order chi connectivity index (χ0) is 17.3. The van der Waals surface area contributed by atoms with Gasteiger partial charge in [0.1, 0.15) is 0 Å². The molecule has 1 aliphatic rings. The van der Waals surface area contributed by atoms with Crippen molar-refractivity contribution < 1.29 is 9.59 Å². The quantitative estimate of drug-likeness (QED) is 0.827. The van der Waals surface area contributed by atoms with Crippen LogP contribution in [0.15, 0.2) is 48.5 Å². The van der Waals surface area contributed by atoms with Gasteiger partial charge in [0.25, 0.3) is 0 Å². The van der Waals surface area contributed by atoms with Crippen LogP contribution in [-0.2, 0) is 9.59 Å². The summed E-state index contributed by atoms with van der Waals surface area (Å²) in [4.78, 5) is 28.2. The molecule has 2 aromatic rings. The zero-order valence-corrected chi connectivity index (χ0v) is 14.6. The highest BCUT2D eigenvalue weighted by atomic mass is 35.5. The summed E-state index contributed by atoms with van der Waals surface area (Å²) in [6, 6.07) is 14.4. The van der Waals surface area contributed by atoms with E-state index in [4.69, 9.17) is 23.2 Å². The molecular formula is C18H16Cl2N2O2. The minimum Gasteiger partial charge on any atom is -0.315 e. The number of amides is 2. The third kappa shape index (κ3) is 3.12. The van der Waals surface area contributed by atoms with Gasteiger partial charge < -0.3 is 9.80 Å². The number of carbonyl (C=O) groups is 2. The van der Waals surface area contributed by atoms with Crippen LogP contribution >= 0.6 is 23.2 Å². The first kappa shape index (κ1) is 16.8. The summed E-state index contributed by atoms with van der Waals surface area (Å²) in [6.45, 7) is 0.276. The van der Waals surface area contributed by atoms with Crippen molar-refractivity contribution in [2.75, 3.05) is 23.4 Å². The Balaban J connectivity index is 1.81. The van der Waals surface area contributed by atoms with E-state index in [9.17, 15) is 9.59 Å². The van der Waals surface area contributed by atoms with Crippen LogP contribution in [0.25, 0.3) is 0 Å². The van der Waals surface area contributed by atoms with E-state index in [0.717, 1.165) is 5.69 Å². The lowest BCUT2D eigenvalue weighted by atomic mass is 10.1. The first-order valence-corrected chi connectivity index (χ1v) is 8.31. The van der Waals surface area contributed by atoms with Crippen molar-refractivity contribution in [3.8, 4) is 0 Å². The number of halogens is 2. The minimum absolute atomic E-state index is 0.0970. The van der Waals surface area contributed by atoms with Gasteiger partial charge in [0.15, 0.2) is 0 Å². The molecule has 124 valence electrons. The molecule has 1 aliphatic heterocycles. The predicted molar refractivity (Wildman–Crippen MR) is 96.8 cm³/mol. The lowest BCUT2D eigenvalue weighted by Crippen LogP contribution is -2.34. The molecule has 1 saturated heterocycles. The Morgan fingerprint density at radius 1 is 1.08 bits per heavy atom. The molecule has 0 aromatic heterocycles. The van der Waals surface area contributed by atoms with Crippen LogP contribution in [0.2, 0.25) is 10.0 Å². The number of para-hydroxylation sites is 2. The van der Waals surface area contributed by atoms with Crippen LogP contribution in [0.4, 0.5) is 11.4 Å². The second-order valence-corrected chi connectivity index (χ2v) is 6.52. The van der Waals surface area contributed by atoms with Gasteiger partial charge in [-0.15, -0.1) is 0 Å². The van der Waals surface area contributed by atoms with Crippen LogP contribution in [0.3, 0.4) is 0 Å². The fraction of sp³-hybridized carbons (Fsp3) is 0.222. The van der Waals surface area contributed by atoms with Crippen LogP contribution in [-0.4, -0.2) is 25.4 Å². The van der Waals surface area contributed by atoms with Gasteiger partial charge in [-0.3, -0.25) is 9.59 Å². The summed E-state index contributed by atoms with van der Waals surface area (Å²) in [6.07, 6.45) is 0.150. The molecule has 0 spiro atoms. The van der Waals surface area contributed by atoms with E-state index in [1.54, 1.807) is 30.1 Å². The van der Waals surface area contributed by atoms with Gasteiger partial charge in [-0.2, -0.15) is 0 Å². The van der Waals surface area contributed by atoms with Gasteiger partial charge >= 0.3 is 0 Å². The highest BCUT2D eigenvalue weighted by molar-refractivity contribution is 6.40. The predicted octanol–water partition coefficient (Wildman–Crippen LogP) is 4.01. The molecule has 1 fully saturated rings. The molecule has 24 heavy (non-hydrogen) atoms. The highest BCUT2D eigenvalue weighted by Gasteiger charge is 2.38. The van der Waals surface area contributed by atoms with E-state index in [0.29, 0.717) is 15.7 Å². The molecule has 0 aliphatic carbocycles. The van der Waals surface area contributed by atoms with Crippen molar-refractivity contribution in [2.24, 2.45) is 5.92 Å². The Kier molecular flexibility index (Phi) is 4.78. The summed E-state index contributed by atoms with van der Waals surface area (Å²) >= 11 is 12.4. The van der Waals surface area contributed by atoms with Crippen LogP contribution in [0.1, 0.15) is 6.42 Å². The molecule has 2 aromatic carbocycles. The molecule has 1 heterocycles. The van der Waals surface area contributed by atoms with E-state index in [2.05, 4.69) is 0 Å². The Morgan fingerprint density at radius 3 is 2.33 bits per heavy atom. The monoisotopic (exact) mass is 362 g/mol. The Bertz CT molecular complexity index is 760. The molecule has 3 rings (SSSR count). The molecule has 4 nitrogen and oxygen atoms in total. The van der Waals surface area contributed by atoms with Crippen molar-refractivity contribution in [3.05, 3.63) is 58.6 Å². The van der Waals surface area contributed by atoms with Crippen molar-refractivity contribution in [3.63, 3.8) is 0 Å². The van der Waals surface area contributed by atoms with Crippen molar-refractivity contribution in [1.82, 2.24) is 0 Å². The standard InChI is InChI=1S/C18H16Cl2N2O2/c1-21(13-6-3-2-4-7-13)18(24)12-10-16(23)22(11-12)17-14(19)8-5-9-15(17)20/h2-9,12H,10-11H2,1H3. The van der Waals surface area contributed by atoms with Gasteiger partial charge in [-0.1, -0.05) is 47.5 Å². The topological polar surface area (TPSA) is 40.6 Å². The zero-order valence-electron chi connectivity index (χ0n) is 13.1. The maximum Gasteiger partial charge on any atom is 0.232 e. The number of carbonyl (C=O) groups excluding carboxylic acids is 2. The summed E-state index contributed by atoms with van der Waals surface area (Å²) < 4.78 is 0. The minimum atomic E-state index is -0.421. The third-order valence-electron chi connectivity index (χ3n) is 4.16. The molecule has 2 amide bonds. The Hall–Kier alpha value is -2.04. The van der Waals surface area contributed by atoms with Gasteiger partial charge in [0, 0.05) is 25.7 Å². The Morgan fingerprint density at radius 2 is 1.71 bits per heavy atom. The van der Waals surface area contributed by atoms with E-state index < -0.39 is 5.92 Å². The van der Waals surface area contributed by atoms with Gasteiger partial charge in [-0.05, 0) is 24.3 Å². The molecule has 1 atom stereocenters. The molecular weight excluding hydrogens is 347 g/mol. The fourth-order valence-corrected chi connectivity index (χ4v) is 3.49. The van der Waals surface area contributed by atoms with E-state index in [-0.39, 0.29) is 24.8 Å². The second kappa shape index (κ2) is 6.83. The number of hydrogen-bond acceptors (Lipinski definition) is 2. The second-order valence-electron chi connectivity index (χ2n) is 5.71. The van der Waals surface area contributed by atoms with Crippen LogP contribution < -0.4 is 9.80 Å². The van der Waals surface area contributed by atoms with Crippen molar-refractivity contribution >= 4 is 46.4 Å². The number of hydrogen-bond donors (Lipinski definition) is 0. The maximum atomic E-state index is 12.7. The number of nitrogens with zero attached hydrogens (tertiary/aromatic N) is 2. The average Bonchev–Trinajstić information content (AvgIpc) is 2.96. The van der Waals surface area contributed by atoms with E-state index >= 15 is 0 Å². The van der Waals surface area contributed by atoms with E-state index in [1.807, 2.05) is 30.3 Å². The SMILES string of the molecule is CN(C(=O)C1CC(=O)N(c2c(Cl)cccc2Cl)C1)c1ccccc1. The first-order chi connectivity index (χ1) is 11.5. The van der Waals surface area contributed by atoms with Gasteiger partial charge in [-0.25, -0.2) is 0 Å². The first-order valence-electron chi connectivity index (χ1n) is 7.56. The van der Waals surface area contributed by atoms with Gasteiger partial charge in [0.2, 0.25) is 11.8 Å². The molecule has 0 saturated carbocycles.